The topological polar surface area (TPSA) is 42.7 Å². The molecule has 1 heterocycles. The van der Waals surface area contributed by atoms with Crippen molar-refractivity contribution < 1.29 is 0 Å². The highest BCUT2D eigenvalue weighted by Crippen LogP contribution is 2.20. The molecule has 0 saturated heterocycles. The molecule has 0 radical (unpaired) electrons. The van der Waals surface area contributed by atoms with Crippen LogP contribution in [0.2, 0.25) is 0 Å². The number of nitrogens with zero attached hydrogens (tertiary/aromatic N) is 3. The van der Waals surface area contributed by atoms with Crippen LogP contribution in [-0.2, 0) is 13.1 Å². The summed E-state index contributed by atoms with van der Waals surface area (Å²) in [5.74, 6) is 0. The fraction of sp³-hybridized carbons (Fsp3) is 0.294. The van der Waals surface area contributed by atoms with Crippen LogP contribution in [0.15, 0.2) is 48.7 Å². The maximum atomic E-state index is 4.24. The molecular weight excluding hydrogens is 260 g/mol. The molecule has 106 valence electrons. The molecule has 4 nitrogen and oxygen atoms in total. The highest BCUT2D eigenvalue weighted by molar-refractivity contribution is 5.85. The Morgan fingerprint density at radius 2 is 1.95 bits per heavy atom. The zero-order valence-corrected chi connectivity index (χ0v) is 11.9. The van der Waals surface area contributed by atoms with Crippen molar-refractivity contribution in [3.8, 4) is 0 Å². The second-order valence-electron chi connectivity index (χ2n) is 5.70. The summed E-state index contributed by atoms with van der Waals surface area (Å²) in [5.41, 5.74) is 2.29. The number of rotatable bonds is 5. The summed E-state index contributed by atoms with van der Waals surface area (Å²) in [6.45, 7) is 1.58. The predicted molar refractivity (Wildman–Crippen MR) is 82.9 cm³/mol. The van der Waals surface area contributed by atoms with Gasteiger partial charge in [0.15, 0.2) is 0 Å². The quantitative estimate of drug-likeness (QED) is 0.780. The van der Waals surface area contributed by atoms with Gasteiger partial charge in [0.2, 0.25) is 0 Å². The first-order valence-electron chi connectivity index (χ1n) is 7.47. The number of hydrogen-bond donors (Lipinski definition) is 1. The molecule has 0 bridgehead atoms. The van der Waals surface area contributed by atoms with Gasteiger partial charge in [0.05, 0.1) is 18.4 Å². The summed E-state index contributed by atoms with van der Waals surface area (Å²) in [6, 6.07) is 15.6. The Bertz CT molecular complexity index is 753. The first-order chi connectivity index (χ1) is 10.4. The van der Waals surface area contributed by atoms with Crippen molar-refractivity contribution in [2.75, 3.05) is 0 Å². The van der Waals surface area contributed by atoms with Gasteiger partial charge in [-0.3, -0.25) is 0 Å². The van der Waals surface area contributed by atoms with E-state index in [1.165, 1.54) is 29.2 Å². The number of aromatic nitrogens is 3. The normalized spacial score (nSPS) is 14.7. The summed E-state index contributed by atoms with van der Waals surface area (Å²) in [6.07, 6.45) is 4.63. The van der Waals surface area contributed by atoms with Gasteiger partial charge in [0, 0.05) is 12.6 Å². The SMILES string of the molecule is c1ccc2c(Cn3cc(CNC4CC4)nn3)cccc2c1. The van der Waals surface area contributed by atoms with Gasteiger partial charge in [-0.25, -0.2) is 4.68 Å². The minimum Gasteiger partial charge on any atom is -0.308 e. The molecule has 1 aromatic heterocycles. The summed E-state index contributed by atoms with van der Waals surface area (Å²) in [7, 11) is 0. The molecular formula is C17H18N4. The Morgan fingerprint density at radius 1 is 1.10 bits per heavy atom. The van der Waals surface area contributed by atoms with Crippen LogP contribution in [0.4, 0.5) is 0 Å². The summed E-state index contributed by atoms with van der Waals surface area (Å²) in [4.78, 5) is 0. The Balaban J connectivity index is 1.53. The second-order valence-corrected chi connectivity index (χ2v) is 5.70. The van der Waals surface area contributed by atoms with Crippen molar-refractivity contribution >= 4 is 10.8 Å². The molecule has 1 N–H and O–H groups in total. The molecule has 0 amide bonds. The van der Waals surface area contributed by atoms with Crippen molar-refractivity contribution in [3.63, 3.8) is 0 Å². The third-order valence-electron chi connectivity index (χ3n) is 3.95. The largest absolute Gasteiger partial charge is 0.308 e. The standard InChI is InChI=1S/C17H18N4/c1-2-7-17-13(4-1)5-3-6-14(17)11-21-12-16(19-20-21)10-18-15-8-9-15/h1-7,12,15,18H,8-11H2. The van der Waals surface area contributed by atoms with Crippen LogP contribution in [0.1, 0.15) is 24.1 Å². The number of nitrogens with one attached hydrogen (secondary N) is 1. The van der Waals surface area contributed by atoms with Crippen molar-refractivity contribution in [1.29, 1.82) is 0 Å². The summed E-state index contributed by atoms with van der Waals surface area (Å²) in [5, 5.41) is 14.5. The predicted octanol–water partition coefficient (Wildman–Crippen LogP) is 2.73. The molecule has 0 aliphatic heterocycles. The second kappa shape index (κ2) is 5.30. The Hall–Kier alpha value is -2.20. The van der Waals surface area contributed by atoms with Gasteiger partial charge >= 0.3 is 0 Å². The molecule has 2 aromatic carbocycles. The van der Waals surface area contributed by atoms with E-state index in [9.17, 15) is 0 Å². The fourth-order valence-corrected chi connectivity index (χ4v) is 2.64. The highest BCUT2D eigenvalue weighted by atomic mass is 15.4. The van der Waals surface area contributed by atoms with Gasteiger partial charge in [-0.2, -0.15) is 0 Å². The molecule has 0 spiro atoms. The molecule has 1 aliphatic rings. The Labute approximate surface area is 123 Å². The van der Waals surface area contributed by atoms with E-state index < -0.39 is 0 Å². The molecule has 0 unspecified atom stereocenters. The van der Waals surface area contributed by atoms with Crippen LogP contribution in [0.3, 0.4) is 0 Å². The zero-order valence-electron chi connectivity index (χ0n) is 11.9. The van der Waals surface area contributed by atoms with Crippen LogP contribution in [-0.4, -0.2) is 21.0 Å². The third kappa shape index (κ3) is 2.81. The minimum absolute atomic E-state index is 0.702. The summed E-state index contributed by atoms with van der Waals surface area (Å²) >= 11 is 0. The van der Waals surface area contributed by atoms with E-state index in [-0.39, 0.29) is 0 Å². The lowest BCUT2D eigenvalue weighted by Gasteiger charge is -2.06. The Kier molecular flexibility index (Phi) is 3.16. The summed E-state index contributed by atoms with van der Waals surface area (Å²) < 4.78 is 1.92. The maximum Gasteiger partial charge on any atom is 0.0965 e. The van der Waals surface area contributed by atoms with Crippen molar-refractivity contribution in [2.45, 2.75) is 32.0 Å². The third-order valence-corrected chi connectivity index (χ3v) is 3.95. The number of hydrogen-bond acceptors (Lipinski definition) is 3. The van der Waals surface area contributed by atoms with Gasteiger partial charge in [0.1, 0.15) is 0 Å². The minimum atomic E-state index is 0.702. The fourth-order valence-electron chi connectivity index (χ4n) is 2.64. The van der Waals surface area contributed by atoms with Gasteiger partial charge in [-0.15, -0.1) is 5.10 Å². The van der Waals surface area contributed by atoms with Gasteiger partial charge in [-0.1, -0.05) is 47.7 Å². The zero-order chi connectivity index (χ0) is 14.1. The van der Waals surface area contributed by atoms with Crippen LogP contribution in [0.5, 0.6) is 0 Å². The number of fused-ring (bicyclic) bond motifs is 1. The molecule has 3 aromatic rings. The first kappa shape index (κ1) is 12.5. The van der Waals surface area contributed by atoms with E-state index in [1.54, 1.807) is 0 Å². The lowest BCUT2D eigenvalue weighted by Crippen LogP contribution is -2.15. The molecule has 1 saturated carbocycles. The van der Waals surface area contributed by atoms with E-state index in [2.05, 4.69) is 58.1 Å². The van der Waals surface area contributed by atoms with Gasteiger partial charge in [-0.05, 0) is 29.2 Å². The van der Waals surface area contributed by atoms with E-state index in [4.69, 9.17) is 0 Å². The molecule has 4 rings (SSSR count). The monoisotopic (exact) mass is 278 g/mol. The molecule has 21 heavy (non-hydrogen) atoms. The van der Waals surface area contributed by atoms with Crippen LogP contribution in [0, 0.1) is 0 Å². The average Bonchev–Trinajstić information content (AvgIpc) is 3.25. The van der Waals surface area contributed by atoms with Crippen molar-refractivity contribution in [1.82, 2.24) is 20.3 Å². The smallest absolute Gasteiger partial charge is 0.0965 e. The average molecular weight is 278 g/mol. The lowest BCUT2D eigenvalue weighted by molar-refractivity contribution is 0.648. The van der Waals surface area contributed by atoms with Gasteiger partial charge < -0.3 is 5.32 Å². The van der Waals surface area contributed by atoms with Crippen LogP contribution < -0.4 is 5.32 Å². The van der Waals surface area contributed by atoms with E-state index in [0.717, 1.165) is 18.8 Å². The molecule has 1 fully saturated rings. The van der Waals surface area contributed by atoms with E-state index in [1.807, 2.05) is 10.9 Å². The van der Waals surface area contributed by atoms with Crippen LogP contribution >= 0.6 is 0 Å². The van der Waals surface area contributed by atoms with Gasteiger partial charge in [0.25, 0.3) is 0 Å². The van der Waals surface area contributed by atoms with Crippen molar-refractivity contribution in [3.05, 3.63) is 59.9 Å². The first-order valence-corrected chi connectivity index (χ1v) is 7.47. The molecule has 1 aliphatic carbocycles. The highest BCUT2D eigenvalue weighted by Gasteiger charge is 2.20. The molecule has 4 heteroatoms. The van der Waals surface area contributed by atoms with E-state index >= 15 is 0 Å². The number of benzene rings is 2. The van der Waals surface area contributed by atoms with E-state index in [0.29, 0.717) is 6.04 Å². The Morgan fingerprint density at radius 3 is 2.86 bits per heavy atom. The molecule has 0 atom stereocenters. The lowest BCUT2D eigenvalue weighted by atomic mass is 10.0. The van der Waals surface area contributed by atoms with Crippen LogP contribution in [0.25, 0.3) is 10.8 Å². The van der Waals surface area contributed by atoms with Crippen molar-refractivity contribution in [2.24, 2.45) is 0 Å². The maximum absolute atomic E-state index is 4.24.